The van der Waals surface area contributed by atoms with Gasteiger partial charge in [-0.25, -0.2) is 0 Å². The quantitative estimate of drug-likeness (QED) is 0.797. The first-order valence-corrected chi connectivity index (χ1v) is 6.90. The Bertz CT molecular complexity index is 625. The van der Waals surface area contributed by atoms with Crippen molar-refractivity contribution in [3.05, 3.63) is 29.3 Å². The Morgan fingerprint density at radius 1 is 1.52 bits per heavy atom. The van der Waals surface area contributed by atoms with Crippen molar-refractivity contribution in [2.45, 2.75) is 18.7 Å². The van der Waals surface area contributed by atoms with E-state index in [9.17, 15) is 18.0 Å². The van der Waals surface area contributed by atoms with Gasteiger partial charge >= 0.3 is 12.1 Å². The second kappa shape index (κ2) is 6.87. The molecule has 0 aliphatic carbocycles. The normalized spacial score (nSPS) is 18.4. The predicted octanol–water partition coefficient (Wildman–Crippen LogP) is 2.35. The van der Waals surface area contributed by atoms with Gasteiger partial charge in [0.25, 0.3) is 0 Å². The number of anilines is 1. The first-order chi connectivity index (χ1) is 10.8. The van der Waals surface area contributed by atoms with Gasteiger partial charge in [0.1, 0.15) is 0 Å². The van der Waals surface area contributed by atoms with E-state index in [1.807, 2.05) is 0 Å². The molecule has 0 radical (unpaired) electrons. The van der Waals surface area contributed by atoms with Gasteiger partial charge in [0, 0.05) is 18.8 Å². The number of nitrogens with zero attached hydrogens (tertiary/aromatic N) is 2. The number of nitriles is 1. The van der Waals surface area contributed by atoms with Crippen molar-refractivity contribution in [2.75, 3.05) is 31.7 Å². The van der Waals surface area contributed by atoms with E-state index in [1.54, 1.807) is 11.0 Å². The van der Waals surface area contributed by atoms with Gasteiger partial charge in [-0.3, -0.25) is 4.79 Å². The number of rotatable bonds is 3. The van der Waals surface area contributed by atoms with Crippen molar-refractivity contribution in [2.24, 2.45) is 0 Å². The van der Waals surface area contributed by atoms with Gasteiger partial charge in [0.15, 0.2) is 0 Å². The molecule has 124 valence electrons. The molecular formula is C15H15F3N2O3. The maximum absolute atomic E-state index is 13.0. The molecule has 1 fully saturated rings. The fourth-order valence-electron chi connectivity index (χ4n) is 2.41. The van der Waals surface area contributed by atoms with E-state index in [0.717, 1.165) is 12.1 Å². The lowest BCUT2D eigenvalue weighted by atomic mass is 10.1. The topological polar surface area (TPSA) is 62.6 Å². The zero-order valence-electron chi connectivity index (χ0n) is 12.4. The molecule has 1 saturated heterocycles. The number of ether oxygens (including phenoxy) is 2. The molecule has 1 aromatic carbocycles. The summed E-state index contributed by atoms with van der Waals surface area (Å²) in [6, 6.07) is 5.13. The second-order valence-electron chi connectivity index (χ2n) is 5.06. The highest BCUT2D eigenvalue weighted by atomic mass is 19.4. The van der Waals surface area contributed by atoms with Crippen molar-refractivity contribution in [3.63, 3.8) is 0 Å². The van der Waals surface area contributed by atoms with Crippen LogP contribution >= 0.6 is 0 Å². The molecule has 1 heterocycles. The molecule has 1 atom stereocenters. The number of hydrogen-bond donors (Lipinski definition) is 0. The highest BCUT2D eigenvalue weighted by Crippen LogP contribution is 2.34. The molecule has 1 aromatic rings. The molecule has 1 aliphatic rings. The Morgan fingerprint density at radius 2 is 2.26 bits per heavy atom. The number of esters is 1. The summed E-state index contributed by atoms with van der Waals surface area (Å²) in [4.78, 5) is 13.0. The first kappa shape index (κ1) is 17.1. The van der Waals surface area contributed by atoms with E-state index < -0.39 is 29.4 Å². The molecule has 0 unspecified atom stereocenters. The van der Waals surface area contributed by atoms with Crippen LogP contribution in [-0.4, -0.2) is 38.9 Å². The Morgan fingerprint density at radius 3 is 2.87 bits per heavy atom. The van der Waals surface area contributed by atoms with Crippen LogP contribution in [0, 0.1) is 11.3 Å². The van der Waals surface area contributed by atoms with Crippen molar-refractivity contribution in [1.29, 1.82) is 5.26 Å². The number of hydrogen-bond acceptors (Lipinski definition) is 5. The zero-order valence-corrected chi connectivity index (χ0v) is 12.4. The molecule has 5 nitrogen and oxygen atoms in total. The fourth-order valence-corrected chi connectivity index (χ4v) is 2.41. The smallest absolute Gasteiger partial charge is 0.417 e. The van der Waals surface area contributed by atoms with Gasteiger partial charge in [-0.15, -0.1) is 0 Å². The van der Waals surface area contributed by atoms with Crippen LogP contribution < -0.4 is 4.90 Å². The highest BCUT2D eigenvalue weighted by molar-refractivity contribution is 5.70. The lowest BCUT2D eigenvalue weighted by Gasteiger charge is -2.34. The molecular weight excluding hydrogens is 313 g/mol. The fraction of sp³-hybridized carbons (Fsp3) is 0.467. The van der Waals surface area contributed by atoms with E-state index in [-0.39, 0.29) is 13.0 Å². The van der Waals surface area contributed by atoms with Crippen LogP contribution in [0.25, 0.3) is 0 Å². The molecule has 0 N–H and O–H groups in total. The molecule has 23 heavy (non-hydrogen) atoms. The van der Waals surface area contributed by atoms with Gasteiger partial charge in [0.05, 0.1) is 43.4 Å². The lowest BCUT2D eigenvalue weighted by molar-refractivity contribution is -0.144. The van der Waals surface area contributed by atoms with Crippen LogP contribution in [-0.2, 0) is 20.4 Å². The number of morpholine rings is 1. The number of alkyl halides is 3. The monoisotopic (exact) mass is 328 g/mol. The van der Waals surface area contributed by atoms with Crippen molar-refractivity contribution < 1.29 is 27.4 Å². The van der Waals surface area contributed by atoms with Crippen molar-refractivity contribution >= 4 is 11.7 Å². The van der Waals surface area contributed by atoms with E-state index in [0.29, 0.717) is 18.8 Å². The average Bonchev–Trinajstić information content (AvgIpc) is 2.53. The van der Waals surface area contributed by atoms with Crippen LogP contribution in [0.1, 0.15) is 17.5 Å². The average molecular weight is 328 g/mol. The summed E-state index contributed by atoms with van der Waals surface area (Å²) in [6.07, 6.45) is -5.00. The molecule has 0 spiro atoms. The highest BCUT2D eigenvalue weighted by Gasteiger charge is 2.34. The standard InChI is InChI=1S/C15H15F3N2O3/c1-22-14(21)7-12-9-20(4-5-23-12)11-3-2-10(8-19)13(6-11)15(16,17)18/h2-3,6,12H,4-5,7,9H2,1H3/t12-/m0/s1. The van der Waals surface area contributed by atoms with E-state index >= 15 is 0 Å². The van der Waals surface area contributed by atoms with E-state index in [4.69, 9.17) is 10.00 Å². The summed E-state index contributed by atoms with van der Waals surface area (Å²) < 4.78 is 49.1. The third-order valence-electron chi connectivity index (χ3n) is 3.55. The van der Waals surface area contributed by atoms with Crippen LogP contribution in [0.2, 0.25) is 0 Å². The van der Waals surface area contributed by atoms with Gasteiger partial charge in [-0.05, 0) is 18.2 Å². The first-order valence-electron chi connectivity index (χ1n) is 6.90. The number of halogens is 3. The van der Waals surface area contributed by atoms with Gasteiger partial charge in [-0.1, -0.05) is 0 Å². The Labute approximate surface area is 131 Å². The van der Waals surface area contributed by atoms with Crippen LogP contribution in [0.15, 0.2) is 18.2 Å². The lowest BCUT2D eigenvalue weighted by Crippen LogP contribution is -2.43. The van der Waals surface area contributed by atoms with Crippen molar-refractivity contribution in [1.82, 2.24) is 0 Å². The summed E-state index contributed by atoms with van der Waals surface area (Å²) in [5.41, 5.74) is -1.04. The molecule has 0 bridgehead atoms. The van der Waals surface area contributed by atoms with E-state index in [1.165, 1.54) is 13.2 Å². The largest absolute Gasteiger partial charge is 0.469 e. The summed E-state index contributed by atoms with van der Waals surface area (Å²) in [5, 5.41) is 8.82. The summed E-state index contributed by atoms with van der Waals surface area (Å²) in [6.45, 7) is 0.974. The third kappa shape index (κ3) is 4.13. The minimum Gasteiger partial charge on any atom is -0.469 e. The summed E-state index contributed by atoms with van der Waals surface area (Å²) in [7, 11) is 1.26. The molecule has 8 heteroatoms. The minimum atomic E-state index is -4.60. The van der Waals surface area contributed by atoms with Gasteiger partial charge in [0.2, 0.25) is 0 Å². The number of carbonyl (C=O) groups is 1. The van der Waals surface area contributed by atoms with Gasteiger partial charge in [-0.2, -0.15) is 18.4 Å². The third-order valence-corrected chi connectivity index (χ3v) is 3.55. The number of methoxy groups -OCH3 is 1. The summed E-state index contributed by atoms with van der Waals surface area (Å²) >= 11 is 0. The van der Waals surface area contributed by atoms with Crippen molar-refractivity contribution in [3.8, 4) is 6.07 Å². The Kier molecular flexibility index (Phi) is 5.11. The molecule has 0 aromatic heterocycles. The minimum absolute atomic E-state index is 0.0371. The molecule has 0 saturated carbocycles. The SMILES string of the molecule is COC(=O)C[C@H]1CN(c2ccc(C#N)c(C(F)(F)F)c2)CCO1. The zero-order chi connectivity index (χ0) is 17.0. The summed E-state index contributed by atoms with van der Waals surface area (Å²) in [5.74, 6) is -0.437. The predicted molar refractivity (Wildman–Crippen MR) is 74.7 cm³/mol. The maximum Gasteiger partial charge on any atom is 0.417 e. The Balaban J connectivity index is 2.21. The number of benzene rings is 1. The molecule has 1 aliphatic heterocycles. The van der Waals surface area contributed by atoms with Crippen LogP contribution in [0.3, 0.4) is 0 Å². The number of carbonyl (C=O) groups excluding carboxylic acids is 1. The molecule has 2 rings (SSSR count). The maximum atomic E-state index is 13.0. The van der Waals surface area contributed by atoms with Crippen LogP contribution in [0.5, 0.6) is 0 Å². The molecule has 0 amide bonds. The van der Waals surface area contributed by atoms with Gasteiger partial charge < -0.3 is 14.4 Å². The Hall–Kier alpha value is -2.27. The van der Waals surface area contributed by atoms with Crippen LogP contribution in [0.4, 0.5) is 18.9 Å². The van der Waals surface area contributed by atoms with E-state index in [2.05, 4.69) is 4.74 Å². The second-order valence-corrected chi connectivity index (χ2v) is 5.06.